The molecule has 35 heavy (non-hydrogen) atoms. The number of aryl methyl sites for hydroxylation is 3. The van der Waals surface area contributed by atoms with Crippen LogP contribution in [0.4, 0.5) is 23.4 Å². The Labute approximate surface area is 201 Å². The van der Waals surface area contributed by atoms with Crippen molar-refractivity contribution in [3.05, 3.63) is 125 Å². The van der Waals surface area contributed by atoms with Crippen LogP contribution in [0.5, 0.6) is 0 Å². The third-order valence-electron chi connectivity index (χ3n) is 4.12. The molecule has 0 atom stereocenters. The molecule has 0 amide bonds. The molecule has 182 valence electrons. The highest BCUT2D eigenvalue weighted by Gasteiger charge is 2.04. The van der Waals surface area contributed by atoms with Crippen LogP contribution >= 0.6 is 0 Å². The minimum absolute atomic E-state index is 0.153. The standard InChI is InChI=1S/C7H5FN2.C7H9FN2.C6H6FN.C5H4FN/c1-5-3-4-10-7(9-2)6(5)8;1-5-2-3-10-6(4-9)7(5)8;1-5-2-3-8-4-6(5)7;6-5-2-1-3-7-4-5/h3-4H,1H3;2-3H,4,9H2,1H3;2-4H,1H3;1-4H. The van der Waals surface area contributed by atoms with Gasteiger partial charge in [-0.1, -0.05) is 6.57 Å². The van der Waals surface area contributed by atoms with E-state index in [0.29, 0.717) is 22.4 Å². The summed E-state index contributed by atoms with van der Waals surface area (Å²) in [4.78, 5) is 17.3. The molecule has 2 N–H and O–H groups in total. The summed E-state index contributed by atoms with van der Waals surface area (Å²) in [5.41, 5.74) is 7.24. The fourth-order valence-corrected chi connectivity index (χ4v) is 2.13. The van der Waals surface area contributed by atoms with Gasteiger partial charge in [-0.15, -0.1) is 4.98 Å². The smallest absolute Gasteiger partial charge is 0.305 e. The third kappa shape index (κ3) is 10.5. The summed E-state index contributed by atoms with van der Waals surface area (Å²) >= 11 is 0. The fourth-order valence-electron chi connectivity index (χ4n) is 2.13. The van der Waals surface area contributed by atoms with Gasteiger partial charge in [-0.3, -0.25) is 15.0 Å². The predicted molar refractivity (Wildman–Crippen MR) is 125 cm³/mol. The summed E-state index contributed by atoms with van der Waals surface area (Å²) in [6.45, 7) is 11.7. The summed E-state index contributed by atoms with van der Waals surface area (Å²) in [6, 6.07) is 7.69. The van der Waals surface area contributed by atoms with Crippen molar-refractivity contribution in [1.82, 2.24) is 19.9 Å². The van der Waals surface area contributed by atoms with Crippen LogP contribution in [0.25, 0.3) is 4.85 Å². The molecule has 0 unspecified atom stereocenters. The second kappa shape index (κ2) is 15.6. The number of nitrogens with zero attached hydrogens (tertiary/aromatic N) is 5. The number of hydrogen-bond acceptors (Lipinski definition) is 5. The maximum Gasteiger partial charge on any atom is 0.305 e. The van der Waals surface area contributed by atoms with Gasteiger partial charge in [0.05, 0.1) is 18.1 Å². The Morgan fingerprint density at radius 2 is 1.37 bits per heavy atom. The first kappa shape index (κ1) is 28.8. The molecule has 6 nitrogen and oxygen atoms in total. The van der Waals surface area contributed by atoms with E-state index in [9.17, 15) is 17.6 Å². The van der Waals surface area contributed by atoms with Crippen molar-refractivity contribution in [2.75, 3.05) is 0 Å². The maximum atomic E-state index is 12.9. The number of nitrogens with two attached hydrogens (primary N) is 1. The number of halogens is 4. The van der Waals surface area contributed by atoms with Crippen LogP contribution in [0.3, 0.4) is 0 Å². The molecular formula is C25H24F4N6. The quantitative estimate of drug-likeness (QED) is 0.272. The van der Waals surface area contributed by atoms with E-state index in [1.54, 1.807) is 51.4 Å². The van der Waals surface area contributed by atoms with E-state index in [1.165, 1.54) is 36.9 Å². The average Bonchev–Trinajstić information content (AvgIpc) is 2.86. The maximum absolute atomic E-state index is 12.9. The molecule has 0 aliphatic rings. The van der Waals surface area contributed by atoms with Crippen LogP contribution in [-0.2, 0) is 6.54 Å². The summed E-state index contributed by atoms with van der Waals surface area (Å²) in [5, 5.41) is 0. The van der Waals surface area contributed by atoms with Gasteiger partial charge in [0.15, 0.2) is 5.82 Å². The molecule has 4 rings (SSSR count). The molecule has 0 spiro atoms. The highest BCUT2D eigenvalue weighted by Crippen LogP contribution is 2.15. The van der Waals surface area contributed by atoms with Gasteiger partial charge in [0, 0.05) is 25.1 Å². The topological polar surface area (TPSA) is 81.9 Å². The zero-order valence-electron chi connectivity index (χ0n) is 19.4. The molecule has 0 radical (unpaired) electrons. The molecular weight excluding hydrogens is 460 g/mol. The van der Waals surface area contributed by atoms with Crippen molar-refractivity contribution in [3.8, 4) is 0 Å². The van der Waals surface area contributed by atoms with E-state index in [1.807, 2.05) is 0 Å². The molecule has 0 bridgehead atoms. The van der Waals surface area contributed by atoms with Gasteiger partial charge < -0.3 is 10.6 Å². The molecule has 4 aromatic rings. The Balaban J connectivity index is 0.000000236. The van der Waals surface area contributed by atoms with Gasteiger partial charge in [0.1, 0.15) is 23.6 Å². The molecule has 4 heterocycles. The molecule has 0 aliphatic carbocycles. The van der Waals surface area contributed by atoms with Gasteiger partial charge in [0.25, 0.3) is 0 Å². The lowest BCUT2D eigenvalue weighted by Crippen LogP contribution is -2.03. The number of aromatic nitrogens is 4. The first-order valence-electron chi connectivity index (χ1n) is 10.1. The summed E-state index contributed by atoms with van der Waals surface area (Å²) in [7, 11) is 0. The van der Waals surface area contributed by atoms with Crippen LogP contribution in [0, 0.1) is 50.6 Å². The second-order valence-corrected chi connectivity index (χ2v) is 6.77. The van der Waals surface area contributed by atoms with Gasteiger partial charge in [-0.05, 0) is 67.8 Å². The first-order chi connectivity index (χ1) is 16.7. The van der Waals surface area contributed by atoms with Crippen LogP contribution in [0.1, 0.15) is 22.4 Å². The molecule has 0 aromatic carbocycles. The number of rotatable bonds is 1. The lowest BCUT2D eigenvalue weighted by molar-refractivity contribution is 0.590. The fraction of sp³-hybridized carbons (Fsp3) is 0.160. The van der Waals surface area contributed by atoms with Gasteiger partial charge in [-0.25, -0.2) is 17.6 Å². The molecule has 4 aromatic heterocycles. The van der Waals surface area contributed by atoms with Crippen molar-refractivity contribution in [3.63, 3.8) is 0 Å². The lowest BCUT2D eigenvalue weighted by Gasteiger charge is -1.99. The average molecular weight is 485 g/mol. The highest BCUT2D eigenvalue weighted by molar-refractivity contribution is 5.39. The molecule has 0 fully saturated rings. The summed E-state index contributed by atoms with van der Waals surface area (Å²) < 4.78 is 49.7. The first-order valence-corrected chi connectivity index (χ1v) is 10.1. The molecule has 0 saturated carbocycles. The van der Waals surface area contributed by atoms with E-state index in [-0.39, 0.29) is 29.8 Å². The minimum atomic E-state index is -0.516. The Bertz CT molecular complexity index is 1210. The zero-order chi connectivity index (χ0) is 26.2. The van der Waals surface area contributed by atoms with Gasteiger partial charge >= 0.3 is 5.82 Å². The highest BCUT2D eigenvalue weighted by atomic mass is 19.1. The van der Waals surface area contributed by atoms with Crippen LogP contribution in [-0.4, -0.2) is 19.9 Å². The predicted octanol–water partition coefficient (Wildman–Crippen LogP) is 5.82. The summed E-state index contributed by atoms with van der Waals surface area (Å²) in [6.07, 6.45) is 8.45. The molecule has 0 saturated heterocycles. The van der Waals surface area contributed by atoms with Crippen molar-refractivity contribution >= 4 is 5.82 Å². The van der Waals surface area contributed by atoms with Gasteiger partial charge in [-0.2, -0.15) is 0 Å². The SMILES string of the molecule is Cc1ccnc(CN)c1F.Cc1ccncc1F.Fc1cccnc1.[C-]#[N+]c1nccc(C)c1F. The van der Waals surface area contributed by atoms with E-state index in [0.717, 1.165) is 0 Å². The van der Waals surface area contributed by atoms with Crippen LogP contribution in [0.15, 0.2) is 67.5 Å². The third-order valence-corrected chi connectivity index (χ3v) is 4.12. The molecule has 10 heteroatoms. The largest absolute Gasteiger partial charge is 0.358 e. The van der Waals surface area contributed by atoms with Crippen molar-refractivity contribution < 1.29 is 17.6 Å². The van der Waals surface area contributed by atoms with E-state index in [4.69, 9.17) is 12.3 Å². The monoisotopic (exact) mass is 484 g/mol. The van der Waals surface area contributed by atoms with E-state index >= 15 is 0 Å². The Morgan fingerprint density at radius 3 is 1.77 bits per heavy atom. The van der Waals surface area contributed by atoms with Crippen molar-refractivity contribution in [2.24, 2.45) is 5.73 Å². The van der Waals surface area contributed by atoms with Crippen LogP contribution < -0.4 is 5.73 Å². The Hall–Kier alpha value is -4.23. The Kier molecular flexibility index (Phi) is 12.8. The normalized spacial score (nSPS) is 9.23. The molecule has 0 aliphatic heterocycles. The zero-order valence-corrected chi connectivity index (χ0v) is 19.4. The van der Waals surface area contributed by atoms with E-state index in [2.05, 4.69) is 24.8 Å². The van der Waals surface area contributed by atoms with Crippen molar-refractivity contribution in [1.29, 1.82) is 0 Å². The number of pyridine rings is 4. The second-order valence-electron chi connectivity index (χ2n) is 6.77. The van der Waals surface area contributed by atoms with Gasteiger partial charge in [0.2, 0.25) is 0 Å². The summed E-state index contributed by atoms with van der Waals surface area (Å²) in [5.74, 6) is -1.49. The van der Waals surface area contributed by atoms with Crippen molar-refractivity contribution in [2.45, 2.75) is 27.3 Å². The van der Waals surface area contributed by atoms with Crippen LogP contribution in [0.2, 0.25) is 0 Å². The number of hydrogen-bond donors (Lipinski definition) is 1. The minimum Gasteiger partial charge on any atom is -0.358 e. The van der Waals surface area contributed by atoms with E-state index < -0.39 is 5.82 Å². The Morgan fingerprint density at radius 1 is 0.771 bits per heavy atom. The lowest BCUT2D eigenvalue weighted by atomic mass is 10.2.